The second-order valence-electron chi connectivity index (χ2n) is 3.79. The van der Waals surface area contributed by atoms with Crippen molar-refractivity contribution in [2.75, 3.05) is 6.61 Å². The van der Waals surface area contributed by atoms with Gasteiger partial charge in [0.1, 0.15) is 16.9 Å². The molecule has 0 aliphatic carbocycles. The summed E-state index contributed by atoms with van der Waals surface area (Å²) in [5.74, 6) is -0.678. The maximum absolute atomic E-state index is 11.5. The Labute approximate surface area is 103 Å². The Morgan fingerprint density at radius 1 is 1.44 bits per heavy atom. The zero-order valence-electron chi connectivity index (χ0n) is 10.0. The van der Waals surface area contributed by atoms with E-state index < -0.39 is 11.6 Å². The fourth-order valence-electron chi connectivity index (χ4n) is 1.83. The predicted molar refractivity (Wildman–Crippen MR) is 65.3 cm³/mol. The Bertz CT molecular complexity index is 669. The molecule has 1 aromatic heterocycles. The Morgan fingerprint density at radius 2 is 2.17 bits per heavy atom. The molecule has 0 radical (unpaired) electrons. The van der Waals surface area contributed by atoms with Crippen LogP contribution in [0.4, 0.5) is 0 Å². The summed E-state index contributed by atoms with van der Waals surface area (Å²) >= 11 is 0. The van der Waals surface area contributed by atoms with Crippen molar-refractivity contribution in [2.45, 2.75) is 13.8 Å². The molecule has 5 heteroatoms. The number of carbonyl (C=O) groups is 1. The van der Waals surface area contributed by atoms with Crippen LogP contribution >= 0.6 is 0 Å². The molecule has 0 aliphatic rings. The first kappa shape index (κ1) is 12.2. The zero-order valence-corrected chi connectivity index (χ0v) is 10.0. The lowest BCUT2D eigenvalue weighted by Crippen LogP contribution is -2.15. The van der Waals surface area contributed by atoms with Crippen molar-refractivity contribution in [3.63, 3.8) is 0 Å². The molecule has 18 heavy (non-hydrogen) atoms. The Morgan fingerprint density at radius 3 is 2.78 bits per heavy atom. The van der Waals surface area contributed by atoms with E-state index in [2.05, 4.69) is 0 Å². The van der Waals surface area contributed by atoms with Crippen LogP contribution in [0.2, 0.25) is 0 Å². The summed E-state index contributed by atoms with van der Waals surface area (Å²) in [6.07, 6.45) is 0. The van der Waals surface area contributed by atoms with Crippen LogP contribution < -0.4 is 10.4 Å². The number of benzene rings is 1. The molecule has 0 atom stereocenters. The molecule has 2 rings (SSSR count). The minimum atomic E-state index is -1.29. The average molecular weight is 248 g/mol. The first-order valence-electron chi connectivity index (χ1n) is 5.48. The highest BCUT2D eigenvalue weighted by Gasteiger charge is 2.17. The molecule has 2 aromatic rings. The molecular weight excluding hydrogens is 236 g/mol. The van der Waals surface area contributed by atoms with Crippen molar-refractivity contribution in [1.29, 1.82) is 0 Å². The maximum atomic E-state index is 11.5. The highest BCUT2D eigenvalue weighted by atomic mass is 16.5. The number of fused-ring (bicyclic) bond motifs is 1. The fraction of sp³-hybridized carbons (Fsp3) is 0.231. The maximum Gasteiger partial charge on any atom is 0.351 e. The van der Waals surface area contributed by atoms with Crippen LogP contribution in [0.25, 0.3) is 11.0 Å². The molecule has 1 heterocycles. The largest absolute Gasteiger partial charge is 0.494 e. The number of hydrogen-bond donors (Lipinski definition) is 1. The molecule has 0 saturated heterocycles. The summed E-state index contributed by atoms with van der Waals surface area (Å²) in [4.78, 5) is 22.5. The predicted octanol–water partition coefficient (Wildman–Crippen LogP) is 2.20. The van der Waals surface area contributed by atoms with Crippen molar-refractivity contribution in [3.05, 3.63) is 39.7 Å². The zero-order chi connectivity index (χ0) is 13.3. The van der Waals surface area contributed by atoms with Gasteiger partial charge < -0.3 is 14.3 Å². The van der Waals surface area contributed by atoms with Gasteiger partial charge in [0, 0.05) is 5.39 Å². The van der Waals surface area contributed by atoms with Gasteiger partial charge in [0.05, 0.1) is 6.61 Å². The summed E-state index contributed by atoms with van der Waals surface area (Å²) < 4.78 is 10.3. The smallest absolute Gasteiger partial charge is 0.351 e. The SMILES string of the molecule is CCOc1ccc2oc(=O)c(C(=O)O)c(C)c2c1. The third kappa shape index (κ3) is 1.95. The fourth-order valence-corrected chi connectivity index (χ4v) is 1.83. The lowest BCUT2D eigenvalue weighted by atomic mass is 10.1. The topological polar surface area (TPSA) is 76.7 Å². The minimum absolute atomic E-state index is 0.337. The molecule has 0 aliphatic heterocycles. The highest BCUT2D eigenvalue weighted by Crippen LogP contribution is 2.24. The van der Waals surface area contributed by atoms with E-state index in [9.17, 15) is 9.59 Å². The molecule has 94 valence electrons. The lowest BCUT2D eigenvalue weighted by Gasteiger charge is -2.07. The standard InChI is InChI=1S/C13H12O5/c1-3-17-8-4-5-10-9(6-8)7(2)11(12(14)15)13(16)18-10/h4-6H,3H2,1-2H3,(H,14,15). The highest BCUT2D eigenvalue weighted by molar-refractivity contribution is 5.95. The van der Waals surface area contributed by atoms with Crippen molar-refractivity contribution < 1.29 is 19.1 Å². The van der Waals surface area contributed by atoms with E-state index in [0.717, 1.165) is 0 Å². The summed E-state index contributed by atoms with van der Waals surface area (Å²) in [5.41, 5.74) is -0.436. The number of rotatable bonds is 3. The van der Waals surface area contributed by atoms with Gasteiger partial charge in [-0.3, -0.25) is 0 Å². The molecule has 1 aromatic carbocycles. The van der Waals surface area contributed by atoms with Crippen LogP contribution in [0.1, 0.15) is 22.8 Å². The van der Waals surface area contributed by atoms with Crippen molar-refractivity contribution in [1.82, 2.24) is 0 Å². The van der Waals surface area contributed by atoms with Crippen molar-refractivity contribution in [2.24, 2.45) is 0 Å². The van der Waals surface area contributed by atoms with Crippen LogP contribution in [0.3, 0.4) is 0 Å². The van der Waals surface area contributed by atoms with Crippen LogP contribution in [-0.2, 0) is 0 Å². The van der Waals surface area contributed by atoms with Crippen LogP contribution in [0.5, 0.6) is 5.75 Å². The molecular formula is C13H12O5. The number of ether oxygens (including phenoxy) is 1. The van der Waals surface area contributed by atoms with Gasteiger partial charge in [-0.2, -0.15) is 0 Å². The number of carboxylic acids is 1. The minimum Gasteiger partial charge on any atom is -0.494 e. The van der Waals surface area contributed by atoms with E-state index in [0.29, 0.717) is 28.9 Å². The lowest BCUT2D eigenvalue weighted by molar-refractivity contribution is 0.0691. The number of carboxylic acid groups (broad SMARTS) is 1. The molecule has 5 nitrogen and oxygen atoms in total. The average Bonchev–Trinajstić information content (AvgIpc) is 2.30. The van der Waals surface area contributed by atoms with Gasteiger partial charge in [-0.25, -0.2) is 9.59 Å². The van der Waals surface area contributed by atoms with Crippen molar-refractivity contribution in [3.8, 4) is 5.75 Å². The second kappa shape index (κ2) is 4.52. The number of aryl methyl sites for hydroxylation is 1. The molecule has 1 N–H and O–H groups in total. The normalized spacial score (nSPS) is 10.6. The third-order valence-corrected chi connectivity index (χ3v) is 2.66. The van der Waals surface area contributed by atoms with Crippen molar-refractivity contribution >= 4 is 16.9 Å². The second-order valence-corrected chi connectivity index (χ2v) is 3.79. The van der Waals surface area contributed by atoms with Gasteiger partial charge >= 0.3 is 11.6 Å². The van der Waals surface area contributed by atoms with Gasteiger partial charge in [0.15, 0.2) is 0 Å². The first-order chi connectivity index (χ1) is 8.54. The Balaban J connectivity index is 2.77. The number of aromatic carboxylic acids is 1. The molecule has 0 fully saturated rings. The first-order valence-corrected chi connectivity index (χ1v) is 5.48. The molecule has 0 bridgehead atoms. The van der Waals surface area contributed by atoms with E-state index in [1.807, 2.05) is 6.92 Å². The van der Waals surface area contributed by atoms with E-state index in [4.69, 9.17) is 14.3 Å². The van der Waals surface area contributed by atoms with Gasteiger partial charge in [-0.1, -0.05) is 0 Å². The number of hydrogen-bond acceptors (Lipinski definition) is 4. The van der Waals surface area contributed by atoms with E-state index >= 15 is 0 Å². The van der Waals surface area contributed by atoms with Gasteiger partial charge in [-0.05, 0) is 37.6 Å². The summed E-state index contributed by atoms with van der Waals surface area (Å²) in [6.45, 7) is 3.94. The Kier molecular flexibility index (Phi) is 3.06. The van der Waals surface area contributed by atoms with E-state index in [1.165, 1.54) is 0 Å². The van der Waals surface area contributed by atoms with E-state index in [-0.39, 0.29) is 5.56 Å². The molecule has 0 unspecified atom stereocenters. The summed E-state index contributed by atoms with van der Waals surface area (Å²) in [5, 5.41) is 9.55. The summed E-state index contributed by atoms with van der Waals surface area (Å²) in [7, 11) is 0. The Hall–Kier alpha value is -2.30. The van der Waals surface area contributed by atoms with Gasteiger partial charge in [0.2, 0.25) is 0 Å². The summed E-state index contributed by atoms with van der Waals surface area (Å²) in [6, 6.07) is 4.94. The van der Waals surface area contributed by atoms with Gasteiger partial charge in [0.25, 0.3) is 0 Å². The molecule has 0 spiro atoms. The quantitative estimate of drug-likeness (QED) is 0.842. The monoisotopic (exact) mass is 248 g/mol. The molecule has 0 amide bonds. The van der Waals surface area contributed by atoms with Crippen LogP contribution in [-0.4, -0.2) is 17.7 Å². The van der Waals surface area contributed by atoms with Gasteiger partial charge in [-0.15, -0.1) is 0 Å². The van der Waals surface area contributed by atoms with Crippen LogP contribution in [0, 0.1) is 6.92 Å². The molecule has 0 saturated carbocycles. The van der Waals surface area contributed by atoms with Crippen LogP contribution in [0.15, 0.2) is 27.4 Å². The van der Waals surface area contributed by atoms with E-state index in [1.54, 1.807) is 25.1 Å². The third-order valence-electron chi connectivity index (χ3n) is 2.66.